The Morgan fingerprint density at radius 2 is 2.17 bits per heavy atom. The van der Waals surface area contributed by atoms with Gasteiger partial charge < -0.3 is 24.8 Å². The van der Waals surface area contributed by atoms with Crippen LogP contribution in [0.1, 0.15) is 20.8 Å². The SMILES string of the molecule is CC(C)(C)OC(=O)Nc1noc2ccc(NCC(O)CO)cc12. The number of rotatable bonds is 5. The van der Waals surface area contributed by atoms with Crippen LogP contribution in [-0.4, -0.2) is 46.3 Å². The number of ether oxygens (including phenoxy) is 1. The fourth-order valence-electron chi connectivity index (χ4n) is 1.84. The molecule has 1 aromatic carbocycles. The molecular weight excluding hydrogens is 302 g/mol. The Hall–Kier alpha value is -2.32. The average Bonchev–Trinajstić information content (AvgIpc) is 2.85. The maximum Gasteiger partial charge on any atom is 0.413 e. The molecule has 0 radical (unpaired) electrons. The number of hydrogen-bond acceptors (Lipinski definition) is 7. The summed E-state index contributed by atoms with van der Waals surface area (Å²) in [5, 5.41) is 28.1. The summed E-state index contributed by atoms with van der Waals surface area (Å²) in [7, 11) is 0. The van der Waals surface area contributed by atoms with Crippen LogP contribution in [0.25, 0.3) is 11.0 Å². The molecule has 0 fully saturated rings. The minimum absolute atomic E-state index is 0.197. The standard InChI is InChI=1S/C15H21N3O5/c1-15(2,3)22-14(21)17-13-11-6-9(16-7-10(20)8-19)4-5-12(11)23-18-13/h4-6,10,16,19-20H,7-8H2,1-3H3,(H,17,18,21). The minimum atomic E-state index is -0.854. The number of anilines is 2. The summed E-state index contributed by atoms with van der Waals surface area (Å²) in [5.74, 6) is 0.251. The zero-order chi connectivity index (χ0) is 17.0. The number of aliphatic hydroxyl groups excluding tert-OH is 2. The first kappa shape index (κ1) is 17.0. The predicted octanol–water partition coefficient (Wildman–Crippen LogP) is 1.94. The van der Waals surface area contributed by atoms with E-state index < -0.39 is 17.8 Å². The summed E-state index contributed by atoms with van der Waals surface area (Å²) in [5.41, 5.74) is 0.585. The fraction of sp³-hybridized carbons (Fsp3) is 0.467. The van der Waals surface area contributed by atoms with Gasteiger partial charge in [-0.1, -0.05) is 5.16 Å². The van der Waals surface area contributed by atoms with Crippen LogP contribution in [0.15, 0.2) is 22.7 Å². The van der Waals surface area contributed by atoms with E-state index in [9.17, 15) is 9.90 Å². The lowest BCUT2D eigenvalue weighted by Gasteiger charge is -2.19. The van der Waals surface area contributed by atoms with Gasteiger partial charge in [0.15, 0.2) is 11.4 Å². The first-order valence-corrected chi connectivity index (χ1v) is 7.21. The molecule has 1 unspecified atom stereocenters. The van der Waals surface area contributed by atoms with Crippen LogP contribution in [0.4, 0.5) is 16.3 Å². The Kier molecular flexibility index (Phi) is 5.07. The van der Waals surface area contributed by atoms with Crippen LogP contribution >= 0.6 is 0 Å². The third-order valence-corrected chi connectivity index (χ3v) is 2.84. The van der Waals surface area contributed by atoms with Gasteiger partial charge in [0.25, 0.3) is 0 Å². The third kappa shape index (κ3) is 4.83. The minimum Gasteiger partial charge on any atom is -0.444 e. The van der Waals surface area contributed by atoms with E-state index in [1.807, 2.05) is 0 Å². The average molecular weight is 323 g/mol. The first-order valence-electron chi connectivity index (χ1n) is 7.21. The Bertz CT molecular complexity index is 677. The molecule has 1 amide bonds. The van der Waals surface area contributed by atoms with E-state index in [2.05, 4.69) is 15.8 Å². The number of aliphatic hydroxyl groups is 2. The van der Waals surface area contributed by atoms with E-state index in [4.69, 9.17) is 14.4 Å². The number of nitrogens with zero attached hydrogens (tertiary/aromatic N) is 1. The predicted molar refractivity (Wildman–Crippen MR) is 85.4 cm³/mol. The van der Waals surface area contributed by atoms with Crippen molar-refractivity contribution >= 4 is 28.6 Å². The van der Waals surface area contributed by atoms with Crippen LogP contribution in [0.3, 0.4) is 0 Å². The van der Waals surface area contributed by atoms with Gasteiger partial charge in [-0.15, -0.1) is 0 Å². The first-order chi connectivity index (χ1) is 10.8. The third-order valence-electron chi connectivity index (χ3n) is 2.84. The van der Waals surface area contributed by atoms with Gasteiger partial charge in [-0.3, -0.25) is 5.32 Å². The van der Waals surface area contributed by atoms with Gasteiger partial charge in [0.1, 0.15) is 5.60 Å². The lowest BCUT2D eigenvalue weighted by atomic mass is 10.2. The molecule has 23 heavy (non-hydrogen) atoms. The Labute approximate surface area is 133 Å². The molecule has 1 aromatic heterocycles. The normalized spacial score (nSPS) is 12.9. The largest absolute Gasteiger partial charge is 0.444 e. The maximum atomic E-state index is 11.8. The highest BCUT2D eigenvalue weighted by atomic mass is 16.6. The Morgan fingerprint density at radius 3 is 2.83 bits per heavy atom. The number of aromatic nitrogens is 1. The fourth-order valence-corrected chi connectivity index (χ4v) is 1.84. The van der Waals surface area contributed by atoms with Crippen molar-refractivity contribution in [1.82, 2.24) is 5.16 Å². The number of carbonyl (C=O) groups excluding carboxylic acids is 1. The van der Waals surface area contributed by atoms with Gasteiger partial charge in [-0.2, -0.15) is 0 Å². The molecule has 1 atom stereocenters. The lowest BCUT2D eigenvalue weighted by Crippen LogP contribution is -2.27. The van der Waals surface area contributed by atoms with Crippen molar-refractivity contribution in [2.45, 2.75) is 32.5 Å². The van der Waals surface area contributed by atoms with Gasteiger partial charge >= 0.3 is 6.09 Å². The molecule has 0 saturated heterocycles. The van der Waals surface area contributed by atoms with E-state index in [0.29, 0.717) is 16.7 Å². The molecule has 8 heteroatoms. The van der Waals surface area contributed by atoms with Crippen molar-refractivity contribution in [2.24, 2.45) is 0 Å². The summed E-state index contributed by atoms with van der Waals surface area (Å²) in [6, 6.07) is 5.16. The van der Waals surface area contributed by atoms with Crippen molar-refractivity contribution < 1.29 is 24.3 Å². The van der Waals surface area contributed by atoms with Crippen molar-refractivity contribution in [3.05, 3.63) is 18.2 Å². The van der Waals surface area contributed by atoms with E-state index in [0.717, 1.165) is 0 Å². The van der Waals surface area contributed by atoms with Crippen LogP contribution in [0.5, 0.6) is 0 Å². The second-order valence-electron chi connectivity index (χ2n) is 6.09. The molecule has 2 rings (SSSR count). The van der Waals surface area contributed by atoms with Crippen LogP contribution in [0, 0.1) is 0 Å². The van der Waals surface area contributed by atoms with Crippen LogP contribution in [-0.2, 0) is 4.74 Å². The summed E-state index contributed by atoms with van der Waals surface area (Å²) >= 11 is 0. The number of benzene rings is 1. The molecule has 0 aliphatic carbocycles. The van der Waals surface area contributed by atoms with E-state index in [-0.39, 0.29) is 19.0 Å². The van der Waals surface area contributed by atoms with Crippen molar-refractivity contribution in [2.75, 3.05) is 23.8 Å². The second-order valence-corrected chi connectivity index (χ2v) is 6.09. The second kappa shape index (κ2) is 6.84. The molecule has 1 heterocycles. The van der Waals surface area contributed by atoms with E-state index in [1.54, 1.807) is 39.0 Å². The number of hydrogen-bond donors (Lipinski definition) is 4. The zero-order valence-electron chi connectivity index (χ0n) is 13.3. The highest BCUT2D eigenvalue weighted by molar-refractivity contribution is 5.97. The van der Waals surface area contributed by atoms with E-state index in [1.165, 1.54) is 0 Å². The van der Waals surface area contributed by atoms with Crippen molar-refractivity contribution in [3.8, 4) is 0 Å². The monoisotopic (exact) mass is 323 g/mol. The van der Waals surface area contributed by atoms with Crippen LogP contribution < -0.4 is 10.6 Å². The Balaban J connectivity index is 2.13. The van der Waals surface area contributed by atoms with Gasteiger partial charge in [0.05, 0.1) is 18.1 Å². The van der Waals surface area contributed by atoms with Crippen molar-refractivity contribution in [3.63, 3.8) is 0 Å². The summed E-state index contributed by atoms with van der Waals surface area (Å²) in [4.78, 5) is 11.8. The zero-order valence-corrected chi connectivity index (χ0v) is 13.3. The molecule has 0 bridgehead atoms. The molecule has 0 saturated carbocycles. The highest BCUT2D eigenvalue weighted by Crippen LogP contribution is 2.26. The molecule has 0 aliphatic heterocycles. The maximum absolute atomic E-state index is 11.8. The number of amides is 1. The van der Waals surface area contributed by atoms with Gasteiger partial charge in [-0.25, -0.2) is 4.79 Å². The lowest BCUT2D eigenvalue weighted by molar-refractivity contribution is 0.0635. The summed E-state index contributed by atoms with van der Waals surface area (Å²) in [6.45, 7) is 5.17. The smallest absolute Gasteiger partial charge is 0.413 e. The van der Waals surface area contributed by atoms with Gasteiger partial charge in [-0.05, 0) is 39.0 Å². The summed E-state index contributed by atoms with van der Waals surface area (Å²) in [6.07, 6.45) is -1.48. The Morgan fingerprint density at radius 1 is 1.43 bits per heavy atom. The highest BCUT2D eigenvalue weighted by Gasteiger charge is 2.19. The number of fused-ring (bicyclic) bond motifs is 1. The van der Waals surface area contributed by atoms with Gasteiger partial charge in [0.2, 0.25) is 0 Å². The molecule has 8 nitrogen and oxygen atoms in total. The molecule has 126 valence electrons. The quantitative estimate of drug-likeness (QED) is 0.664. The molecule has 2 aromatic rings. The van der Waals surface area contributed by atoms with E-state index >= 15 is 0 Å². The molecule has 0 aliphatic rings. The van der Waals surface area contributed by atoms with Gasteiger partial charge in [0, 0.05) is 12.2 Å². The molecule has 4 N–H and O–H groups in total. The topological polar surface area (TPSA) is 117 Å². The number of nitrogens with one attached hydrogen (secondary N) is 2. The number of carbonyl (C=O) groups is 1. The van der Waals surface area contributed by atoms with Crippen molar-refractivity contribution in [1.29, 1.82) is 0 Å². The molecule has 0 spiro atoms. The van der Waals surface area contributed by atoms with Crippen LogP contribution in [0.2, 0.25) is 0 Å². The summed E-state index contributed by atoms with van der Waals surface area (Å²) < 4.78 is 10.3. The molecular formula is C15H21N3O5.